The molecule has 0 bridgehead atoms. The van der Waals surface area contributed by atoms with Gasteiger partial charge in [0.05, 0.1) is 5.52 Å². The van der Waals surface area contributed by atoms with Crippen LogP contribution in [-0.2, 0) is 19.5 Å². The Labute approximate surface area is 126 Å². The Kier molecular flexibility index (Phi) is 4.37. The monoisotopic (exact) mass is 278 g/mol. The fraction of sp³-hybridized carbons (Fsp3) is 0.263. The van der Waals surface area contributed by atoms with Crippen molar-refractivity contribution in [3.63, 3.8) is 0 Å². The molecular weight excluding hydrogens is 256 g/mol. The summed E-state index contributed by atoms with van der Waals surface area (Å²) in [7, 11) is 0. The van der Waals surface area contributed by atoms with Gasteiger partial charge in [0.2, 0.25) is 0 Å². The van der Waals surface area contributed by atoms with E-state index in [2.05, 4.69) is 77.6 Å². The highest BCUT2D eigenvalue weighted by Gasteiger charge is 2.04. The number of aryl methyl sites for hydroxylation is 1. The second-order valence-corrected chi connectivity index (χ2v) is 5.38. The van der Waals surface area contributed by atoms with Crippen molar-refractivity contribution in [2.24, 2.45) is 0 Å². The Morgan fingerprint density at radius 2 is 1.81 bits per heavy atom. The van der Waals surface area contributed by atoms with Gasteiger partial charge < -0.3 is 9.88 Å². The third kappa shape index (κ3) is 3.17. The number of nitrogens with zero attached hydrogens (tertiary/aromatic N) is 1. The Morgan fingerprint density at radius 3 is 2.62 bits per heavy atom. The molecule has 2 heteroatoms. The highest BCUT2D eigenvalue weighted by molar-refractivity contribution is 5.83. The van der Waals surface area contributed by atoms with Crippen LogP contribution in [0.15, 0.2) is 60.8 Å². The van der Waals surface area contributed by atoms with Gasteiger partial charge in [0.15, 0.2) is 0 Å². The van der Waals surface area contributed by atoms with Gasteiger partial charge in [-0.2, -0.15) is 0 Å². The number of benzene rings is 2. The average Bonchev–Trinajstić information content (AvgIpc) is 2.96. The standard InChI is InChI=1S/C19H22N2/c1-2-17-9-6-10-18-11-13-21(19(17)18)14-12-20-15-16-7-4-3-5-8-16/h3-11,13,20H,2,12,14-15H2,1H3. The number of nitrogens with one attached hydrogen (secondary N) is 1. The van der Waals surface area contributed by atoms with E-state index in [9.17, 15) is 0 Å². The first-order chi connectivity index (χ1) is 10.4. The van der Waals surface area contributed by atoms with Crippen molar-refractivity contribution in [2.45, 2.75) is 26.4 Å². The van der Waals surface area contributed by atoms with Crippen LogP contribution in [-0.4, -0.2) is 11.1 Å². The Morgan fingerprint density at radius 1 is 0.952 bits per heavy atom. The van der Waals surface area contributed by atoms with E-state index in [1.54, 1.807) is 0 Å². The maximum atomic E-state index is 3.52. The average molecular weight is 278 g/mol. The summed E-state index contributed by atoms with van der Waals surface area (Å²) in [5.74, 6) is 0. The summed E-state index contributed by atoms with van der Waals surface area (Å²) in [6.07, 6.45) is 3.28. The fourth-order valence-corrected chi connectivity index (χ4v) is 2.84. The maximum absolute atomic E-state index is 3.52. The van der Waals surface area contributed by atoms with Gasteiger partial charge in [-0.3, -0.25) is 0 Å². The molecule has 0 radical (unpaired) electrons. The maximum Gasteiger partial charge on any atom is 0.0513 e. The van der Waals surface area contributed by atoms with Crippen LogP contribution in [0.5, 0.6) is 0 Å². The highest BCUT2D eigenvalue weighted by atomic mass is 15.0. The van der Waals surface area contributed by atoms with E-state index >= 15 is 0 Å². The zero-order valence-electron chi connectivity index (χ0n) is 12.5. The molecular formula is C19H22N2. The zero-order valence-corrected chi connectivity index (χ0v) is 12.5. The van der Waals surface area contributed by atoms with Crippen LogP contribution in [0.2, 0.25) is 0 Å². The molecule has 0 unspecified atom stereocenters. The van der Waals surface area contributed by atoms with Crippen molar-refractivity contribution in [1.82, 2.24) is 9.88 Å². The van der Waals surface area contributed by atoms with Gasteiger partial charge in [-0.25, -0.2) is 0 Å². The molecule has 0 aliphatic rings. The third-order valence-electron chi connectivity index (χ3n) is 3.95. The van der Waals surface area contributed by atoms with E-state index in [1.165, 1.54) is 22.0 Å². The van der Waals surface area contributed by atoms with Crippen molar-refractivity contribution in [1.29, 1.82) is 0 Å². The topological polar surface area (TPSA) is 17.0 Å². The SMILES string of the molecule is CCc1cccc2ccn(CCNCc3ccccc3)c12. The molecule has 0 atom stereocenters. The van der Waals surface area contributed by atoms with Gasteiger partial charge in [0.25, 0.3) is 0 Å². The molecule has 0 aliphatic carbocycles. The zero-order chi connectivity index (χ0) is 14.5. The van der Waals surface area contributed by atoms with Crippen LogP contribution in [0, 0.1) is 0 Å². The van der Waals surface area contributed by atoms with Gasteiger partial charge >= 0.3 is 0 Å². The minimum absolute atomic E-state index is 0.931. The minimum atomic E-state index is 0.931. The molecule has 0 spiro atoms. The smallest absolute Gasteiger partial charge is 0.0513 e. The molecule has 3 aromatic rings. The molecule has 0 saturated carbocycles. The largest absolute Gasteiger partial charge is 0.346 e. The van der Waals surface area contributed by atoms with Crippen LogP contribution < -0.4 is 5.32 Å². The molecule has 0 saturated heterocycles. The molecule has 21 heavy (non-hydrogen) atoms. The predicted molar refractivity (Wildman–Crippen MR) is 89.5 cm³/mol. The first kappa shape index (κ1) is 13.9. The van der Waals surface area contributed by atoms with Gasteiger partial charge in [-0.05, 0) is 29.0 Å². The molecule has 2 aromatic carbocycles. The highest BCUT2D eigenvalue weighted by Crippen LogP contribution is 2.20. The molecule has 2 nitrogen and oxygen atoms in total. The van der Waals surface area contributed by atoms with E-state index < -0.39 is 0 Å². The van der Waals surface area contributed by atoms with E-state index in [0.29, 0.717) is 0 Å². The number of para-hydroxylation sites is 1. The summed E-state index contributed by atoms with van der Waals surface area (Å²) in [5.41, 5.74) is 4.16. The Balaban J connectivity index is 1.63. The summed E-state index contributed by atoms with van der Waals surface area (Å²) in [6, 6.07) is 19.3. The molecule has 108 valence electrons. The van der Waals surface area contributed by atoms with Crippen LogP contribution in [0.1, 0.15) is 18.1 Å². The van der Waals surface area contributed by atoms with E-state index in [-0.39, 0.29) is 0 Å². The molecule has 0 fully saturated rings. The summed E-state index contributed by atoms with van der Waals surface area (Å²) < 4.78 is 2.37. The Hall–Kier alpha value is -2.06. The van der Waals surface area contributed by atoms with Gasteiger partial charge in [-0.1, -0.05) is 55.5 Å². The minimum Gasteiger partial charge on any atom is -0.346 e. The number of hydrogen-bond donors (Lipinski definition) is 1. The van der Waals surface area contributed by atoms with Gasteiger partial charge in [0.1, 0.15) is 0 Å². The van der Waals surface area contributed by atoms with Gasteiger partial charge in [-0.15, -0.1) is 0 Å². The normalized spacial score (nSPS) is 11.1. The molecule has 0 amide bonds. The number of aromatic nitrogens is 1. The summed E-state index contributed by atoms with van der Waals surface area (Å²) in [4.78, 5) is 0. The molecule has 1 N–H and O–H groups in total. The van der Waals surface area contributed by atoms with Crippen molar-refractivity contribution in [3.05, 3.63) is 71.9 Å². The molecule has 3 rings (SSSR count). The van der Waals surface area contributed by atoms with Crippen molar-refractivity contribution in [3.8, 4) is 0 Å². The lowest BCUT2D eigenvalue weighted by Crippen LogP contribution is -2.19. The van der Waals surface area contributed by atoms with Crippen LogP contribution in [0.25, 0.3) is 10.9 Å². The van der Waals surface area contributed by atoms with Gasteiger partial charge in [0, 0.05) is 25.8 Å². The summed E-state index contributed by atoms with van der Waals surface area (Å²) >= 11 is 0. The van der Waals surface area contributed by atoms with E-state index in [1.807, 2.05) is 0 Å². The van der Waals surface area contributed by atoms with E-state index in [0.717, 1.165) is 26.1 Å². The lowest BCUT2D eigenvalue weighted by Gasteiger charge is -2.10. The van der Waals surface area contributed by atoms with Crippen molar-refractivity contribution < 1.29 is 0 Å². The lowest BCUT2D eigenvalue weighted by atomic mass is 10.1. The first-order valence-corrected chi connectivity index (χ1v) is 7.70. The van der Waals surface area contributed by atoms with Crippen molar-refractivity contribution in [2.75, 3.05) is 6.54 Å². The van der Waals surface area contributed by atoms with Crippen LogP contribution in [0.4, 0.5) is 0 Å². The quantitative estimate of drug-likeness (QED) is 0.675. The fourth-order valence-electron chi connectivity index (χ4n) is 2.84. The first-order valence-electron chi connectivity index (χ1n) is 7.70. The van der Waals surface area contributed by atoms with E-state index in [4.69, 9.17) is 0 Å². The Bertz CT molecular complexity index is 698. The van der Waals surface area contributed by atoms with Crippen molar-refractivity contribution >= 4 is 10.9 Å². The van der Waals surface area contributed by atoms with Crippen LogP contribution >= 0.6 is 0 Å². The second-order valence-electron chi connectivity index (χ2n) is 5.38. The van der Waals surface area contributed by atoms with Crippen LogP contribution in [0.3, 0.4) is 0 Å². The predicted octanol–water partition coefficient (Wildman–Crippen LogP) is 3.99. The molecule has 0 aliphatic heterocycles. The number of hydrogen-bond acceptors (Lipinski definition) is 1. The summed E-state index contributed by atoms with van der Waals surface area (Å²) in [5, 5.41) is 4.87. The number of fused-ring (bicyclic) bond motifs is 1. The second kappa shape index (κ2) is 6.59. The molecule has 1 heterocycles. The summed E-state index contributed by atoms with van der Waals surface area (Å²) in [6.45, 7) is 5.14. The third-order valence-corrected chi connectivity index (χ3v) is 3.95. The number of rotatable bonds is 6. The lowest BCUT2D eigenvalue weighted by molar-refractivity contribution is 0.608. The molecule has 1 aromatic heterocycles.